The molecule has 0 aromatic carbocycles. The smallest absolute Gasteiger partial charge is 0.340 e. The number of thiophene rings is 1. The molecule has 8 heteroatoms. The van der Waals surface area contributed by atoms with Crippen LogP contribution in [0.4, 0.5) is 13.2 Å². The van der Waals surface area contributed by atoms with Gasteiger partial charge < -0.3 is 4.90 Å². The molecule has 1 fully saturated rings. The van der Waals surface area contributed by atoms with Gasteiger partial charge in [-0.1, -0.05) is 11.6 Å². The molecular formula is C12H14ClF3N2OS. The normalized spacial score (nSPS) is 17.5. The highest BCUT2D eigenvalue weighted by Crippen LogP contribution is 2.24. The Morgan fingerprint density at radius 1 is 1.25 bits per heavy atom. The molecule has 1 saturated heterocycles. The summed E-state index contributed by atoms with van der Waals surface area (Å²) >= 11 is 7.34. The van der Waals surface area contributed by atoms with Crippen molar-refractivity contribution >= 4 is 28.8 Å². The summed E-state index contributed by atoms with van der Waals surface area (Å²) in [5.41, 5.74) is 0. The summed E-state index contributed by atoms with van der Waals surface area (Å²) in [4.78, 5) is 16.0. The molecule has 1 aliphatic heterocycles. The first-order valence-electron chi connectivity index (χ1n) is 6.14. The fourth-order valence-electron chi connectivity index (χ4n) is 2.10. The Kier molecular flexibility index (Phi) is 4.93. The van der Waals surface area contributed by atoms with E-state index in [0.717, 1.165) is 15.8 Å². The number of piperazine rings is 1. The molecule has 0 spiro atoms. The third kappa shape index (κ3) is 4.64. The lowest BCUT2D eigenvalue weighted by molar-refractivity contribution is -0.162. The van der Waals surface area contributed by atoms with E-state index >= 15 is 0 Å². The summed E-state index contributed by atoms with van der Waals surface area (Å²) in [5.74, 6) is -0.837. The first-order chi connectivity index (χ1) is 9.33. The molecule has 0 radical (unpaired) electrons. The van der Waals surface area contributed by atoms with Crippen LogP contribution in [-0.2, 0) is 11.3 Å². The highest BCUT2D eigenvalue weighted by atomic mass is 35.5. The number of rotatable bonds is 3. The predicted molar refractivity (Wildman–Crippen MR) is 71.9 cm³/mol. The second-order valence-electron chi connectivity index (χ2n) is 4.65. The second-order valence-corrected chi connectivity index (χ2v) is 6.45. The van der Waals surface area contributed by atoms with Crippen LogP contribution < -0.4 is 0 Å². The van der Waals surface area contributed by atoms with Crippen molar-refractivity contribution in [2.45, 2.75) is 19.1 Å². The fourth-order valence-corrected chi connectivity index (χ4v) is 3.23. The molecular weight excluding hydrogens is 313 g/mol. The van der Waals surface area contributed by atoms with Gasteiger partial charge in [-0.25, -0.2) is 0 Å². The van der Waals surface area contributed by atoms with Gasteiger partial charge in [-0.15, -0.1) is 11.3 Å². The molecule has 2 rings (SSSR count). The molecule has 0 saturated carbocycles. The summed E-state index contributed by atoms with van der Waals surface area (Å²) in [7, 11) is 0. The van der Waals surface area contributed by atoms with Crippen LogP contribution in [0, 0.1) is 0 Å². The lowest BCUT2D eigenvalue weighted by Gasteiger charge is -2.34. The number of nitrogens with zero attached hydrogens (tertiary/aromatic N) is 2. The molecule has 1 aromatic rings. The highest BCUT2D eigenvalue weighted by molar-refractivity contribution is 7.16. The Morgan fingerprint density at radius 3 is 2.40 bits per heavy atom. The van der Waals surface area contributed by atoms with Crippen molar-refractivity contribution in [1.29, 1.82) is 0 Å². The maximum atomic E-state index is 12.2. The maximum Gasteiger partial charge on any atom is 0.397 e. The van der Waals surface area contributed by atoms with Gasteiger partial charge in [0.05, 0.1) is 4.34 Å². The van der Waals surface area contributed by atoms with Crippen LogP contribution in [0.25, 0.3) is 0 Å². The molecule has 1 amide bonds. The van der Waals surface area contributed by atoms with Crippen molar-refractivity contribution in [2.75, 3.05) is 26.2 Å². The molecule has 20 heavy (non-hydrogen) atoms. The van der Waals surface area contributed by atoms with E-state index in [2.05, 4.69) is 4.90 Å². The number of carbonyl (C=O) groups excluding carboxylic acids is 1. The molecule has 0 N–H and O–H groups in total. The Morgan fingerprint density at radius 2 is 1.90 bits per heavy atom. The van der Waals surface area contributed by atoms with E-state index in [1.54, 1.807) is 0 Å². The van der Waals surface area contributed by atoms with Crippen LogP contribution in [0.3, 0.4) is 0 Å². The molecule has 1 aliphatic rings. The third-order valence-corrected chi connectivity index (χ3v) is 4.30. The highest BCUT2D eigenvalue weighted by Gasteiger charge is 2.34. The van der Waals surface area contributed by atoms with Crippen LogP contribution >= 0.6 is 22.9 Å². The first kappa shape index (κ1) is 15.6. The zero-order valence-electron chi connectivity index (χ0n) is 10.6. The van der Waals surface area contributed by atoms with E-state index in [1.165, 1.54) is 16.2 Å². The van der Waals surface area contributed by atoms with Gasteiger partial charge in [0, 0.05) is 37.6 Å². The van der Waals surface area contributed by atoms with Crippen LogP contribution in [0.5, 0.6) is 0 Å². The number of hydrogen-bond acceptors (Lipinski definition) is 3. The molecule has 0 atom stereocenters. The van der Waals surface area contributed by atoms with Crippen molar-refractivity contribution in [2.24, 2.45) is 0 Å². The Bertz CT molecular complexity index is 470. The Hall–Kier alpha value is -0.790. The van der Waals surface area contributed by atoms with E-state index in [4.69, 9.17) is 11.6 Å². The zero-order valence-corrected chi connectivity index (χ0v) is 12.2. The Balaban J connectivity index is 1.79. The average molecular weight is 327 g/mol. The van der Waals surface area contributed by atoms with Gasteiger partial charge in [-0.05, 0) is 12.1 Å². The summed E-state index contributed by atoms with van der Waals surface area (Å²) < 4.78 is 37.2. The van der Waals surface area contributed by atoms with Crippen molar-refractivity contribution in [3.05, 3.63) is 21.3 Å². The van der Waals surface area contributed by atoms with Crippen LogP contribution in [-0.4, -0.2) is 48.1 Å². The minimum absolute atomic E-state index is 0.341. The molecule has 112 valence electrons. The standard InChI is InChI=1S/C12H14ClF3N2OS/c13-10-2-1-9(20-10)8-17-3-5-18(6-4-17)11(19)7-12(14,15)16/h1-2H,3-8H2. The molecule has 1 aromatic heterocycles. The summed E-state index contributed by atoms with van der Waals surface area (Å²) in [6.45, 7) is 2.57. The Labute approximate surface area is 123 Å². The van der Waals surface area contributed by atoms with E-state index in [0.29, 0.717) is 26.2 Å². The number of alkyl halides is 3. The van der Waals surface area contributed by atoms with Crippen LogP contribution in [0.2, 0.25) is 4.34 Å². The lowest BCUT2D eigenvalue weighted by atomic mass is 10.2. The summed E-state index contributed by atoms with van der Waals surface area (Å²) in [6, 6.07) is 3.76. The largest absolute Gasteiger partial charge is 0.397 e. The topological polar surface area (TPSA) is 23.6 Å². The van der Waals surface area contributed by atoms with E-state index in [-0.39, 0.29) is 0 Å². The van der Waals surface area contributed by atoms with Gasteiger partial charge in [0.2, 0.25) is 5.91 Å². The van der Waals surface area contributed by atoms with Crippen LogP contribution in [0.1, 0.15) is 11.3 Å². The van der Waals surface area contributed by atoms with E-state index in [1.807, 2.05) is 12.1 Å². The monoisotopic (exact) mass is 326 g/mol. The predicted octanol–water partition coefficient (Wildman–Crippen LogP) is 3.00. The number of amides is 1. The molecule has 0 bridgehead atoms. The quantitative estimate of drug-likeness (QED) is 0.852. The minimum atomic E-state index is -4.43. The number of carbonyl (C=O) groups is 1. The average Bonchev–Trinajstić information content (AvgIpc) is 2.73. The van der Waals surface area contributed by atoms with Gasteiger partial charge >= 0.3 is 6.18 Å². The number of halogens is 4. The van der Waals surface area contributed by atoms with Gasteiger partial charge in [0.1, 0.15) is 6.42 Å². The van der Waals surface area contributed by atoms with E-state index in [9.17, 15) is 18.0 Å². The van der Waals surface area contributed by atoms with Crippen molar-refractivity contribution in [1.82, 2.24) is 9.80 Å². The molecule has 2 heterocycles. The lowest BCUT2D eigenvalue weighted by Crippen LogP contribution is -2.49. The van der Waals surface area contributed by atoms with Gasteiger partial charge in [-0.2, -0.15) is 13.2 Å². The van der Waals surface area contributed by atoms with Crippen molar-refractivity contribution in [3.63, 3.8) is 0 Å². The van der Waals surface area contributed by atoms with Crippen molar-refractivity contribution in [3.8, 4) is 0 Å². The fraction of sp³-hybridized carbons (Fsp3) is 0.583. The summed E-state index contributed by atoms with van der Waals surface area (Å²) in [6.07, 6.45) is -5.80. The summed E-state index contributed by atoms with van der Waals surface area (Å²) in [5, 5.41) is 0. The van der Waals surface area contributed by atoms with E-state index < -0.39 is 18.5 Å². The number of hydrogen-bond donors (Lipinski definition) is 0. The van der Waals surface area contributed by atoms with Gasteiger partial charge in [-0.3, -0.25) is 9.69 Å². The SMILES string of the molecule is O=C(CC(F)(F)F)N1CCN(Cc2ccc(Cl)s2)CC1. The van der Waals surface area contributed by atoms with Crippen molar-refractivity contribution < 1.29 is 18.0 Å². The molecule has 0 unspecified atom stereocenters. The first-order valence-corrected chi connectivity index (χ1v) is 7.34. The molecule has 3 nitrogen and oxygen atoms in total. The van der Waals surface area contributed by atoms with Gasteiger partial charge in [0.15, 0.2) is 0 Å². The maximum absolute atomic E-state index is 12.2. The minimum Gasteiger partial charge on any atom is -0.340 e. The van der Waals surface area contributed by atoms with Gasteiger partial charge in [0.25, 0.3) is 0 Å². The molecule has 0 aliphatic carbocycles. The third-order valence-electron chi connectivity index (χ3n) is 3.08. The van der Waals surface area contributed by atoms with Crippen LogP contribution in [0.15, 0.2) is 12.1 Å². The zero-order chi connectivity index (χ0) is 14.8. The second kappa shape index (κ2) is 6.32.